The fourth-order valence-corrected chi connectivity index (χ4v) is 7.56. The second-order valence-corrected chi connectivity index (χ2v) is 12.4. The molecule has 5 nitrogen and oxygen atoms in total. The smallest absolute Gasteiger partial charge is 0.136 e. The highest BCUT2D eigenvalue weighted by Crippen LogP contribution is 2.39. The van der Waals surface area contributed by atoms with Crippen molar-refractivity contribution in [3.8, 4) is 34.6 Å². The third-order valence-corrected chi connectivity index (χ3v) is 9.74. The highest BCUT2D eigenvalue weighted by Gasteiger charge is 2.18. The highest BCUT2D eigenvalue weighted by molar-refractivity contribution is 6.17. The van der Waals surface area contributed by atoms with Crippen molar-refractivity contribution < 1.29 is 4.42 Å². The molecule has 3 heterocycles. The summed E-state index contributed by atoms with van der Waals surface area (Å²) in [6, 6.07) is 54.6. The van der Waals surface area contributed by atoms with Crippen molar-refractivity contribution in [1.82, 2.24) is 9.13 Å². The lowest BCUT2D eigenvalue weighted by atomic mass is 10.0. The van der Waals surface area contributed by atoms with Gasteiger partial charge in [0.2, 0.25) is 0 Å². The SMILES string of the molecule is N#Cc1ccc2oc3cc4c5ccccc5n(-c5cccc(-c6cccc(-n7c8ccccc8c8cc(C#N)ccc87)c6)c5)c4cc3c2c1. The van der Waals surface area contributed by atoms with Crippen LogP contribution in [0.25, 0.3) is 88.1 Å². The Balaban J connectivity index is 1.17. The van der Waals surface area contributed by atoms with Crippen LogP contribution < -0.4 is 0 Å². The molecule has 10 rings (SSSR count). The summed E-state index contributed by atoms with van der Waals surface area (Å²) in [5.41, 5.74) is 11.5. The van der Waals surface area contributed by atoms with Gasteiger partial charge in [0.15, 0.2) is 0 Å². The predicted octanol–water partition coefficient (Wildman–Crippen LogP) is 11.2. The van der Waals surface area contributed by atoms with Gasteiger partial charge < -0.3 is 13.6 Å². The van der Waals surface area contributed by atoms with Crippen molar-refractivity contribution in [3.63, 3.8) is 0 Å². The monoisotopic (exact) mass is 624 g/mol. The van der Waals surface area contributed by atoms with Crippen LogP contribution in [0.4, 0.5) is 0 Å². The molecule has 49 heavy (non-hydrogen) atoms. The van der Waals surface area contributed by atoms with Crippen LogP contribution >= 0.6 is 0 Å². The third kappa shape index (κ3) is 3.97. The van der Waals surface area contributed by atoms with Crippen molar-refractivity contribution in [1.29, 1.82) is 10.5 Å². The second kappa shape index (κ2) is 10.2. The van der Waals surface area contributed by atoms with Gasteiger partial charge in [0.25, 0.3) is 0 Å². The third-order valence-electron chi connectivity index (χ3n) is 9.74. The van der Waals surface area contributed by atoms with Gasteiger partial charge in [-0.25, -0.2) is 0 Å². The molecule has 0 spiro atoms. The molecule has 3 aromatic heterocycles. The molecule has 0 saturated carbocycles. The van der Waals surface area contributed by atoms with Crippen LogP contribution in [0.15, 0.2) is 150 Å². The van der Waals surface area contributed by atoms with Crippen LogP contribution in [0, 0.1) is 22.7 Å². The van der Waals surface area contributed by atoms with E-state index < -0.39 is 0 Å². The Morgan fingerprint density at radius 3 is 1.57 bits per heavy atom. The number of nitriles is 2. The van der Waals surface area contributed by atoms with Gasteiger partial charge in [-0.3, -0.25) is 0 Å². The largest absolute Gasteiger partial charge is 0.456 e. The zero-order chi connectivity index (χ0) is 32.6. The van der Waals surface area contributed by atoms with Crippen LogP contribution in [0.1, 0.15) is 11.1 Å². The Morgan fingerprint density at radius 1 is 0.388 bits per heavy atom. The van der Waals surface area contributed by atoms with E-state index in [1.807, 2.05) is 36.4 Å². The number of rotatable bonds is 3. The summed E-state index contributed by atoms with van der Waals surface area (Å²) in [5, 5.41) is 25.5. The van der Waals surface area contributed by atoms with Crippen molar-refractivity contribution in [2.24, 2.45) is 0 Å². The van der Waals surface area contributed by atoms with Crippen molar-refractivity contribution in [2.45, 2.75) is 0 Å². The maximum absolute atomic E-state index is 9.59. The quantitative estimate of drug-likeness (QED) is 0.196. The maximum Gasteiger partial charge on any atom is 0.136 e. The standard InChI is InChI=1S/C44H24N4O/c45-25-27-15-17-41-35(19-27)33-11-1-3-13-39(33)47(41)31-9-5-7-29(21-31)30-8-6-10-32(22-30)48-40-14-4-2-12-34(40)36-24-44-38(23-42(36)48)37-20-28(26-46)16-18-43(37)49-44/h1-24H. The first kappa shape index (κ1) is 27.1. The van der Waals surface area contributed by atoms with E-state index in [0.717, 1.165) is 88.1 Å². The zero-order valence-corrected chi connectivity index (χ0v) is 26.1. The first-order valence-corrected chi connectivity index (χ1v) is 16.1. The van der Waals surface area contributed by atoms with Crippen LogP contribution in [0.2, 0.25) is 0 Å². The van der Waals surface area contributed by atoms with E-state index in [-0.39, 0.29) is 0 Å². The van der Waals surface area contributed by atoms with E-state index in [2.05, 4.69) is 124 Å². The van der Waals surface area contributed by atoms with Crippen LogP contribution in [0.3, 0.4) is 0 Å². The number of hydrogen-bond donors (Lipinski definition) is 0. The number of fused-ring (bicyclic) bond motifs is 9. The van der Waals surface area contributed by atoms with Gasteiger partial charge in [0.05, 0.1) is 45.3 Å². The van der Waals surface area contributed by atoms with Gasteiger partial charge in [-0.05, 0) is 96.1 Å². The normalized spacial score (nSPS) is 11.6. The topological polar surface area (TPSA) is 70.6 Å². The van der Waals surface area contributed by atoms with Gasteiger partial charge in [-0.2, -0.15) is 10.5 Å². The first-order valence-electron chi connectivity index (χ1n) is 16.1. The molecule has 0 fully saturated rings. The maximum atomic E-state index is 9.59. The molecule has 0 aliphatic rings. The predicted molar refractivity (Wildman–Crippen MR) is 197 cm³/mol. The molecule has 0 radical (unpaired) electrons. The first-order chi connectivity index (χ1) is 24.2. The molecule has 10 aromatic rings. The lowest BCUT2D eigenvalue weighted by Crippen LogP contribution is -1.96. The number of aromatic nitrogens is 2. The lowest BCUT2D eigenvalue weighted by Gasteiger charge is -2.13. The van der Waals surface area contributed by atoms with Gasteiger partial charge in [-0.15, -0.1) is 0 Å². The van der Waals surface area contributed by atoms with Gasteiger partial charge >= 0.3 is 0 Å². The van der Waals surface area contributed by atoms with Crippen LogP contribution in [-0.4, -0.2) is 9.13 Å². The lowest BCUT2D eigenvalue weighted by molar-refractivity contribution is 0.669. The molecule has 0 amide bonds. The minimum atomic E-state index is 0.610. The van der Waals surface area contributed by atoms with Gasteiger partial charge in [0, 0.05) is 43.7 Å². The Hall–Kier alpha value is -7.08. The Kier molecular flexibility index (Phi) is 5.64. The number of hydrogen-bond acceptors (Lipinski definition) is 3. The summed E-state index contributed by atoms with van der Waals surface area (Å²) < 4.78 is 10.9. The molecular formula is C44H24N4O. The van der Waals surface area contributed by atoms with Crippen LogP contribution in [0.5, 0.6) is 0 Å². The average molecular weight is 625 g/mol. The number of furan rings is 1. The molecule has 0 bridgehead atoms. The highest BCUT2D eigenvalue weighted by atomic mass is 16.3. The molecule has 0 unspecified atom stereocenters. The summed E-state index contributed by atoms with van der Waals surface area (Å²) in [6.45, 7) is 0. The Bertz CT molecular complexity index is 3090. The van der Waals surface area contributed by atoms with E-state index in [4.69, 9.17) is 4.42 Å². The Labute approximate surface area is 280 Å². The minimum absolute atomic E-state index is 0.610. The van der Waals surface area contributed by atoms with Crippen molar-refractivity contribution >= 4 is 65.6 Å². The van der Waals surface area contributed by atoms with Crippen LogP contribution in [-0.2, 0) is 0 Å². The molecule has 0 aliphatic carbocycles. The second-order valence-electron chi connectivity index (χ2n) is 12.4. The van der Waals surface area contributed by atoms with E-state index in [1.165, 1.54) is 0 Å². The summed E-state index contributed by atoms with van der Waals surface area (Å²) >= 11 is 0. The summed E-state index contributed by atoms with van der Waals surface area (Å²) in [7, 11) is 0. The van der Waals surface area contributed by atoms with Crippen molar-refractivity contribution in [2.75, 3.05) is 0 Å². The zero-order valence-electron chi connectivity index (χ0n) is 26.1. The molecule has 7 aromatic carbocycles. The molecule has 5 heteroatoms. The summed E-state index contributed by atoms with van der Waals surface area (Å²) in [6.07, 6.45) is 0. The molecule has 226 valence electrons. The molecule has 0 atom stereocenters. The average Bonchev–Trinajstić information content (AvgIpc) is 3.80. The van der Waals surface area contributed by atoms with Gasteiger partial charge in [-0.1, -0.05) is 60.7 Å². The number of nitrogens with zero attached hydrogens (tertiary/aromatic N) is 4. The molecule has 0 N–H and O–H groups in total. The van der Waals surface area contributed by atoms with Gasteiger partial charge in [0.1, 0.15) is 11.2 Å². The van der Waals surface area contributed by atoms with E-state index >= 15 is 0 Å². The van der Waals surface area contributed by atoms with Crippen molar-refractivity contribution in [3.05, 3.63) is 157 Å². The van der Waals surface area contributed by atoms with E-state index in [1.54, 1.807) is 6.07 Å². The number of para-hydroxylation sites is 2. The fourth-order valence-electron chi connectivity index (χ4n) is 7.56. The summed E-state index contributed by atoms with van der Waals surface area (Å²) in [5.74, 6) is 0. The Morgan fingerprint density at radius 2 is 0.918 bits per heavy atom. The van der Waals surface area contributed by atoms with E-state index in [9.17, 15) is 10.5 Å². The molecule has 0 aliphatic heterocycles. The summed E-state index contributed by atoms with van der Waals surface area (Å²) in [4.78, 5) is 0. The van der Waals surface area contributed by atoms with E-state index in [0.29, 0.717) is 11.1 Å². The fraction of sp³-hybridized carbons (Fsp3) is 0. The molecular weight excluding hydrogens is 601 g/mol. The number of benzene rings is 7. The minimum Gasteiger partial charge on any atom is -0.456 e. The molecule has 0 saturated heterocycles.